The van der Waals surface area contributed by atoms with E-state index in [4.69, 9.17) is 10.4 Å². The van der Waals surface area contributed by atoms with E-state index in [2.05, 4.69) is 47.8 Å². The fraction of sp³-hybridized carbons (Fsp3) is 0. The molecule has 0 saturated heterocycles. The maximum atomic E-state index is 10.7. The van der Waals surface area contributed by atoms with Gasteiger partial charge in [0.15, 0.2) is 0 Å². The minimum Gasteiger partial charge on any atom is -0.477 e. The number of carboxylic acids is 1. The number of hydrogen-bond donors (Lipinski definition) is 1. The number of nitrogens with zero attached hydrogens (tertiary/aromatic N) is 1. The molecule has 1 N–H and O–H groups in total. The molecule has 3 nitrogen and oxygen atoms in total. The molecular formula is C10H4Br3NO2. The van der Waals surface area contributed by atoms with E-state index in [0.717, 1.165) is 8.95 Å². The van der Waals surface area contributed by atoms with Crippen molar-refractivity contribution in [2.45, 2.75) is 0 Å². The Morgan fingerprint density at radius 2 is 2.00 bits per heavy atom. The average Bonchev–Trinajstić information content (AvgIpc) is 2.20. The van der Waals surface area contributed by atoms with Crippen molar-refractivity contribution in [3.63, 3.8) is 0 Å². The van der Waals surface area contributed by atoms with Crippen molar-refractivity contribution in [1.82, 2.24) is 0 Å². The number of aliphatic carboxylic acids is 1. The minimum absolute atomic E-state index is 0.314. The summed E-state index contributed by atoms with van der Waals surface area (Å²) in [6.45, 7) is 0. The molecule has 0 spiro atoms. The monoisotopic (exact) mass is 407 g/mol. The van der Waals surface area contributed by atoms with Crippen LogP contribution >= 0.6 is 47.8 Å². The van der Waals surface area contributed by atoms with Gasteiger partial charge in [-0.25, -0.2) is 4.79 Å². The van der Waals surface area contributed by atoms with Crippen LogP contribution in [-0.2, 0) is 4.79 Å². The third-order valence-corrected chi connectivity index (χ3v) is 4.17. The maximum absolute atomic E-state index is 10.7. The molecule has 0 fully saturated rings. The number of rotatable bonds is 2. The van der Waals surface area contributed by atoms with Crippen LogP contribution in [-0.4, -0.2) is 11.1 Å². The highest BCUT2D eigenvalue weighted by molar-refractivity contribution is 9.13. The number of halogens is 3. The molecule has 0 saturated carbocycles. The molecule has 0 heterocycles. The lowest BCUT2D eigenvalue weighted by atomic mass is 10.1. The lowest BCUT2D eigenvalue weighted by molar-refractivity contribution is -0.132. The van der Waals surface area contributed by atoms with E-state index < -0.39 is 5.97 Å². The number of carboxylic acid groups (broad SMARTS) is 1. The Balaban J connectivity index is 3.35. The molecule has 0 unspecified atom stereocenters. The van der Waals surface area contributed by atoms with E-state index >= 15 is 0 Å². The number of benzene rings is 1. The van der Waals surface area contributed by atoms with Crippen molar-refractivity contribution in [3.8, 4) is 6.07 Å². The van der Waals surface area contributed by atoms with Gasteiger partial charge in [-0.15, -0.1) is 0 Å². The molecule has 82 valence electrons. The molecule has 0 bridgehead atoms. The molecule has 0 aliphatic carbocycles. The van der Waals surface area contributed by atoms with E-state index in [1.54, 1.807) is 12.1 Å². The van der Waals surface area contributed by atoms with Crippen LogP contribution in [0.4, 0.5) is 0 Å². The van der Waals surface area contributed by atoms with Gasteiger partial charge in [-0.05, 0) is 55.6 Å². The summed E-state index contributed by atoms with van der Waals surface area (Å²) < 4.78 is 2.26. The van der Waals surface area contributed by atoms with Crippen molar-refractivity contribution in [2.75, 3.05) is 0 Å². The summed E-state index contributed by atoms with van der Waals surface area (Å²) in [5, 5.41) is 17.4. The highest BCUT2D eigenvalue weighted by Crippen LogP contribution is 2.31. The number of nitriles is 1. The topological polar surface area (TPSA) is 61.1 Å². The zero-order valence-corrected chi connectivity index (χ0v) is 12.4. The molecule has 1 aromatic carbocycles. The second kappa shape index (κ2) is 5.62. The standard InChI is InChI=1S/C10H4Br3NO2/c11-7-2-5(9(13)8(12)3-7)1-6(4-14)10(15)16/h1-3H,(H,15,16)/b6-1+. The van der Waals surface area contributed by atoms with Gasteiger partial charge >= 0.3 is 5.97 Å². The molecule has 1 rings (SSSR count). The summed E-state index contributed by atoms with van der Waals surface area (Å²) in [6, 6.07) is 5.16. The molecule has 0 aliphatic rings. The van der Waals surface area contributed by atoms with E-state index in [1.807, 2.05) is 6.07 Å². The van der Waals surface area contributed by atoms with Crippen molar-refractivity contribution in [1.29, 1.82) is 5.26 Å². The fourth-order valence-corrected chi connectivity index (χ4v) is 2.58. The predicted molar refractivity (Wildman–Crippen MR) is 70.8 cm³/mol. The fourth-order valence-electron chi connectivity index (χ4n) is 0.978. The van der Waals surface area contributed by atoms with Crippen LogP contribution in [0.15, 0.2) is 31.1 Å². The Labute approximate surface area is 117 Å². The second-order valence-electron chi connectivity index (χ2n) is 2.77. The summed E-state index contributed by atoms with van der Waals surface area (Å²) >= 11 is 9.90. The third-order valence-electron chi connectivity index (χ3n) is 1.67. The van der Waals surface area contributed by atoms with Crippen molar-refractivity contribution in [3.05, 3.63) is 36.7 Å². The van der Waals surface area contributed by atoms with Gasteiger partial charge in [-0.3, -0.25) is 0 Å². The smallest absolute Gasteiger partial charge is 0.346 e. The lowest BCUT2D eigenvalue weighted by Gasteiger charge is -2.03. The molecule has 1 aromatic rings. The van der Waals surface area contributed by atoms with Gasteiger partial charge in [0.25, 0.3) is 0 Å². The first kappa shape index (κ1) is 13.4. The van der Waals surface area contributed by atoms with Crippen LogP contribution < -0.4 is 0 Å². The van der Waals surface area contributed by atoms with Crippen molar-refractivity contribution < 1.29 is 9.90 Å². The first-order valence-corrected chi connectivity index (χ1v) is 6.33. The van der Waals surface area contributed by atoms with Crippen LogP contribution in [0.5, 0.6) is 0 Å². The second-order valence-corrected chi connectivity index (χ2v) is 5.33. The largest absolute Gasteiger partial charge is 0.477 e. The zero-order chi connectivity index (χ0) is 12.3. The molecule has 16 heavy (non-hydrogen) atoms. The predicted octanol–water partition coefficient (Wildman–Crippen LogP) is 3.97. The third kappa shape index (κ3) is 3.17. The molecule has 0 radical (unpaired) electrons. The van der Waals surface area contributed by atoms with Gasteiger partial charge in [0.2, 0.25) is 0 Å². The Kier molecular flexibility index (Phi) is 4.71. The molecule has 0 amide bonds. The molecule has 6 heteroatoms. The Morgan fingerprint density at radius 1 is 1.38 bits per heavy atom. The Bertz CT molecular complexity index is 518. The normalized spacial score (nSPS) is 11.0. The average molecular weight is 410 g/mol. The SMILES string of the molecule is N#C/C(=C\c1cc(Br)cc(Br)c1Br)C(=O)O. The lowest BCUT2D eigenvalue weighted by Crippen LogP contribution is -1.97. The van der Waals surface area contributed by atoms with Crippen molar-refractivity contribution >= 4 is 59.8 Å². The van der Waals surface area contributed by atoms with Crippen LogP contribution in [0.25, 0.3) is 6.08 Å². The summed E-state index contributed by atoms with van der Waals surface area (Å²) in [7, 11) is 0. The highest BCUT2D eigenvalue weighted by Gasteiger charge is 2.09. The first-order valence-electron chi connectivity index (χ1n) is 3.95. The Hall–Kier alpha value is -0.640. The first-order chi connectivity index (χ1) is 7.45. The van der Waals surface area contributed by atoms with Crippen LogP contribution in [0.2, 0.25) is 0 Å². The molecule has 0 aromatic heterocycles. The Morgan fingerprint density at radius 3 is 2.50 bits per heavy atom. The van der Waals surface area contributed by atoms with Gasteiger partial charge in [0, 0.05) is 13.4 Å². The van der Waals surface area contributed by atoms with Gasteiger partial charge < -0.3 is 5.11 Å². The van der Waals surface area contributed by atoms with E-state index in [0.29, 0.717) is 10.0 Å². The van der Waals surface area contributed by atoms with E-state index in [1.165, 1.54) is 6.08 Å². The van der Waals surface area contributed by atoms with Gasteiger partial charge in [-0.1, -0.05) is 15.9 Å². The quantitative estimate of drug-likeness (QED) is 0.457. The number of hydrogen-bond acceptors (Lipinski definition) is 2. The van der Waals surface area contributed by atoms with Crippen LogP contribution in [0.3, 0.4) is 0 Å². The van der Waals surface area contributed by atoms with E-state index in [-0.39, 0.29) is 5.57 Å². The summed E-state index contributed by atoms with van der Waals surface area (Å²) in [6.07, 6.45) is 1.31. The van der Waals surface area contributed by atoms with Crippen LogP contribution in [0.1, 0.15) is 5.56 Å². The van der Waals surface area contributed by atoms with E-state index in [9.17, 15) is 4.79 Å². The molecular weight excluding hydrogens is 406 g/mol. The zero-order valence-electron chi connectivity index (χ0n) is 7.67. The minimum atomic E-state index is -1.24. The van der Waals surface area contributed by atoms with Gasteiger partial charge in [0.05, 0.1) is 0 Å². The van der Waals surface area contributed by atoms with Gasteiger partial charge in [0.1, 0.15) is 11.6 Å². The summed E-state index contributed by atoms with van der Waals surface area (Å²) in [5.74, 6) is -1.24. The van der Waals surface area contributed by atoms with Crippen LogP contribution in [0, 0.1) is 11.3 Å². The molecule has 0 aliphatic heterocycles. The molecule has 0 atom stereocenters. The highest BCUT2D eigenvalue weighted by atomic mass is 79.9. The van der Waals surface area contributed by atoms with Crippen molar-refractivity contribution in [2.24, 2.45) is 0 Å². The van der Waals surface area contributed by atoms with Gasteiger partial charge in [-0.2, -0.15) is 5.26 Å². The summed E-state index contributed by atoms with van der Waals surface area (Å²) in [4.78, 5) is 10.7. The maximum Gasteiger partial charge on any atom is 0.346 e. The number of carbonyl (C=O) groups is 1. The summed E-state index contributed by atoms with van der Waals surface area (Å²) in [5.41, 5.74) is 0.297.